The SMILES string of the molecule is O=COC(CC1(CCl)CNC1)C(=O)c1ccc(F)cc1. The Hall–Kier alpha value is -1.46. The number of carbonyl (C=O) groups excluding carboxylic acids is 2. The first-order chi connectivity index (χ1) is 9.60. The van der Waals surface area contributed by atoms with E-state index in [2.05, 4.69) is 5.32 Å². The van der Waals surface area contributed by atoms with Crippen molar-refractivity contribution in [1.82, 2.24) is 5.32 Å². The number of hydrogen-bond donors (Lipinski definition) is 1. The van der Waals surface area contributed by atoms with E-state index in [1.807, 2.05) is 0 Å². The Balaban J connectivity index is 2.13. The number of hydrogen-bond acceptors (Lipinski definition) is 4. The van der Waals surface area contributed by atoms with Crippen LogP contribution in [0, 0.1) is 11.2 Å². The average Bonchev–Trinajstić information content (AvgIpc) is 2.42. The lowest BCUT2D eigenvalue weighted by atomic mass is 9.77. The first kappa shape index (κ1) is 14.9. The van der Waals surface area contributed by atoms with Crippen LogP contribution in [0.15, 0.2) is 24.3 Å². The second-order valence-corrected chi connectivity index (χ2v) is 5.30. The Kier molecular flexibility index (Phi) is 4.73. The zero-order valence-corrected chi connectivity index (χ0v) is 11.5. The highest BCUT2D eigenvalue weighted by Crippen LogP contribution is 2.31. The first-order valence-electron chi connectivity index (χ1n) is 6.26. The van der Waals surface area contributed by atoms with Gasteiger partial charge in [-0.1, -0.05) is 0 Å². The number of nitrogens with one attached hydrogen (secondary N) is 1. The summed E-state index contributed by atoms with van der Waals surface area (Å²) in [4.78, 5) is 22.9. The number of halogens is 2. The van der Waals surface area contributed by atoms with Crippen molar-refractivity contribution < 1.29 is 18.7 Å². The zero-order chi connectivity index (χ0) is 14.6. The Morgan fingerprint density at radius 3 is 2.55 bits per heavy atom. The van der Waals surface area contributed by atoms with Crippen molar-refractivity contribution in [2.24, 2.45) is 5.41 Å². The van der Waals surface area contributed by atoms with Gasteiger partial charge in [0.1, 0.15) is 5.82 Å². The molecule has 1 N–H and O–H groups in total. The molecule has 1 atom stereocenters. The maximum atomic E-state index is 12.9. The fourth-order valence-corrected chi connectivity index (χ4v) is 2.53. The third-order valence-electron chi connectivity index (χ3n) is 3.54. The molecule has 0 radical (unpaired) electrons. The molecule has 1 aliphatic rings. The van der Waals surface area contributed by atoms with Gasteiger partial charge in [-0.3, -0.25) is 9.59 Å². The summed E-state index contributed by atoms with van der Waals surface area (Å²) in [6, 6.07) is 5.16. The fraction of sp³-hybridized carbons (Fsp3) is 0.429. The maximum absolute atomic E-state index is 12.9. The second kappa shape index (κ2) is 6.33. The quantitative estimate of drug-likeness (QED) is 0.474. The summed E-state index contributed by atoms with van der Waals surface area (Å²) in [6.07, 6.45) is -0.530. The molecular formula is C14H15ClFNO3. The third-order valence-corrected chi connectivity index (χ3v) is 4.11. The van der Waals surface area contributed by atoms with Gasteiger partial charge in [0.15, 0.2) is 6.10 Å². The van der Waals surface area contributed by atoms with Crippen LogP contribution in [0.5, 0.6) is 0 Å². The van der Waals surface area contributed by atoms with Crippen molar-refractivity contribution >= 4 is 23.9 Å². The predicted molar refractivity (Wildman–Crippen MR) is 72.3 cm³/mol. The van der Waals surface area contributed by atoms with E-state index in [1.54, 1.807) is 0 Å². The first-order valence-corrected chi connectivity index (χ1v) is 6.79. The minimum atomic E-state index is -0.890. The van der Waals surface area contributed by atoms with Gasteiger partial charge in [0.05, 0.1) is 0 Å². The molecule has 0 aliphatic carbocycles. The van der Waals surface area contributed by atoms with E-state index in [4.69, 9.17) is 16.3 Å². The van der Waals surface area contributed by atoms with Crippen molar-refractivity contribution in [3.05, 3.63) is 35.6 Å². The fourth-order valence-electron chi connectivity index (χ4n) is 2.23. The molecule has 1 aliphatic heterocycles. The van der Waals surface area contributed by atoms with E-state index in [9.17, 15) is 14.0 Å². The van der Waals surface area contributed by atoms with Crippen LogP contribution >= 0.6 is 11.6 Å². The molecule has 108 valence electrons. The molecule has 2 rings (SSSR count). The molecule has 1 aromatic rings. The van der Waals surface area contributed by atoms with Gasteiger partial charge >= 0.3 is 0 Å². The third kappa shape index (κ3) is 3.16. The number of ketones is 1. The van der Waals surface area contributed by atoms with Crippen LogP contribution in [-0.4, -0.2) is 37.3 Å². The lowest BCUT2D eigenvalue weighted by Crippen LogP contribution is -2.56. The largest absolute Gasteiger partial charge is 0.456 e. The molecular weight excluding hydrogens is 285 g/mol. The molecule has 6 heteroatoms. The van der Waals surface area contributed by atoms with Crippen molar-refractivity contribution in [1.29, 1.82) is 0 Å². The van der Waals surface area contributed by atoms with Gasteiger partial charge in [0.25, 0.3) is 6.47 Å². The molecule has 1 saturated heterocycles. The lowest BCUT2D eigenvalue weighted by molar-refractivity contribution is -0.133. The van der Waals surface area contributed by atoms with E-state index in [-0.39, 0.29) is 17.7 Å². The van der Waals surface area contributed by atoms with Gasteiger partial charge in [0.2, 0.25) is 5.78 Å². The van der Waals surface area contributed by atoms with Crippen molar-refractivity contribution in [2.75, 3.05) is 19.0 Å². The molecule has 1 heterocycles. The van der Waals surface area contributed by atoms with E-state index in [0.717, 1.165) is 0 Å². The molecule has 1 fully saturated rings. The standard InChI is InChI=1S/C14H15ClFNO3/c15-6-14(7-17-8-14)5-12(20-9-18)13(19)10-1-3-11(16)4-2-10/h1-4,9,12,17H,5-8H2. The lowest BCUT2D eigenvalue weighted by Gasteiger charge is -2.42. The highest BCUT2D eigenvalue weighted by molar-refractivity contribution is 6.18. The summed E-state index contributed by atoms with van der Waals surface area (Å²) in [5.41, 5.74) is 0.0838. The van der Waals surface area contributed by atoms with Crippen LogP contribution in [0.25, 0.3) is 0 Å². The van der Waals surface area contributed by atoms with Gasteiger partial charge < -0.3 is 10.1 Å². The van der Waals surface area contributed by atoms with Gasteiger partial charge in [-0.2, -0.15) is 0 Å². The Labute approximate surface area is 121 Å². The van der Waals surface area contributed by atoms with Crippen LogP contribution < -0.4 is 5.32 Å². The Morgan fingerprint density at radius 2 is 2.10 bits per heavy atom. The van der Waals surface area contributed by atoms with Gasteiger partial charge in [-0.05, 0) is 24.3 Å². The summed E-state index contributed by atoms with van der Waals surface area (Å²) in [7, 11) is 0. The second-order valence-electron chi connectivity index (χ2n) is 5.03. The van der Waals surface area contributed by atoms with E-state index < -0.39 is 11.9 Å². The molecule has 4 nitrogen and oxygen atoms in total. The smallest absolute Gasteiger partial charge is 0.293 e. The van der Waals surface area contributed by atoms with Gasteiger partial charge in [-0.25, -0.2) is 4.39 Å². The van der Waals surface area contributed by atoms with Crippen LogP contribution in [0.4, 0.5) is 4.39 Å². The number of carbonyl (C=O) groups is 2. The molecule has 0 spiro atoms. The Bertz CT molecular complexity index is 482. The molecule has 1 unspecified atom stereocenters. The minimum Gasteiger partial charge on any atom is -0.456 e. The molecule has 0 bridgehead atoms. The van der Waals surface area contributed by atoms with Crippen LogP contribution in [-0.2, 0) is 9.53 Å². The average molecular weight is 300 g/mol. The molecule has 0 saturated carbocycles. The van der Waals surface area contributed by atoms with Gasteiger partial charge in [0, 0.05) is 36.4 Å². The van der Waals surface area contributed by atoms with E-state index >= 15 is 0 Å². The van der Waals surface area contributed by atoms with Crippen molar-refractivity contribution in [3.63, 3.8) is 0 Å². The molecule has 0 amide bonds. The number of ether oxygens (including phenoxy) is 1. The molecule has 20 heavy (non-hydrogen) atoms. The van der Waals surface area contributed by atoms with Crippen LogP contribution in [0.2, 0.25) is 0 Å². The van der Waals surface area contributed by atoms with Gasteiger partial charge in [-0.15, -0.1) is 11.6 Å². The summed E-state index contributed by atoms with van der Waals surface area (Å²) in [5, 5.41) is 3.10. The number of benzene rings is 1. The number of rotatable bonds is 7. The highest BCUT2D eigenvalue weighted by Gasteiger charge is 2.41. The van der Waals surface area contributed by atoms with Crippen LogP contribution in [0.1, 0.15) is 16.8 Å². The summed E-state index contributed by atoms with van der Waals surface area (Å²) >= 11 is 5.93. The maximum Gasteiger partial charge on any atom is 0.293 e. The summed E-state index contributed by atoms with van der Waals surface area (Å²) in [5.74, 6) is -0.376. The summed E-state index contributed by atoms with van der Waals surface area (Å²) < 4.78 is 17.8. The highest BCUT2D eigenvalue weighted by atomic mass is 35.5. The predicted octanol–water partition coefficient (Wildman–Crippen LogP) is 1.77. The van der Waals surface area contributed by atoms with E-state index in [0.29, 0.717) is 31.0 Å². The number of alkyl halides is 1. The van der Waals surface area contributed by atoms with Crippen LogP contribution in [0.3, 0.4) is 0 Å². The normalized spacial score (nSPS) is 17.9. The van der Waals surface area contributed by atoms with E-state index in [1.165, 1.54) is 24.3 Å². The zero-order valence-electron chi connectivity index (χ0n) is 10.8. The van der Waals surface area contributed by atoms with Crippen molar-refractivity contribution in [3.8, 4) is 0 Å². The number of Topliss-reactive ketones (excluding diaryl/α,β-unsaturated/α-hetero) is 1. The summed E-state index contributed by atoms with van der Waals surface area (Å²) in [6.45, 7) is 1.64. The molecule has 1 aromatic carbocycles. The van der Waals surface area contributed by atoms with Crippen molar-refractivity contribution in [2.45, 2.75) is 12.5 Å². The molecule has 0 aromatic heterocycles. The topological polar surface area (TPSA) is 55.4 Å². The monoisotopic (exact) mass is 299 g/mol. The Morgan fingerprint density at radius 1 is 1.45 bits per heavy atom. The minimum absolute atomic E-state index is 0.231.